The van der Waals surface area contributed by atoms with Gasteiger partial charge in [0.05, 0.1) is 24.3 Å². The first-order valence-corrected chi connectivity index (χ1v) is 10.5. The molecule has 0 spiro atoms. The predicted molar refractivity (Wildman–Crippen MR) is 96.6 cm³/mol. The van der Waals surface area contributed by atoms with Crippen LogP contribution in [-0.4, -0.2) is 64.2 Å². The van der Waals surface area contributed by atoms with Gasteiger partial charge in [-0.1, -0.05) is 12.1 Å². The molecule has 0 saturated carbocycles. The van der Waals surface area contributed by atoms with E-state index in [1.807, 2.05) is 0 Å². The molecule has 148 valence electrons. The number of sulfone groups is 1. The van der Waals surface area contributed by atoms with Gasteiger partial charge in [0.15, 0.2) is 16.4 Å². The van der Waals surface area contributed by atoms with Crippen LogP contribution in [0.2, 0.25) is 0 Å². The van der Waals surface area contributed by atoms with Crippen molar-refractivity contribution in [1.29, 1.82) is 0 Å². The molecule has 0 bridgehead atoms. The molecule has 27 heavy (non-hydrogen) atoms. The SMILES string of the molecule is COC(=O)C1CCN(C(=O)COC(=O)c2ccc(CS(C)(=O)=O)cc2)CC1. The number of hydrogen-bond donors (Lipinski definition) is 0. The number of esters is 2. The number of amides is 1. The summed E-state index contributed by atoms with van der Waals surface area (Å²) >= 11 is 0. The Hall–Kier alpha value is -2.42. The fourth-order valence-corrected chi connectivity index (χ4v) is 3.67. The molecule has 1 aliphatic heterocycles. The zero-order valence-electron chi connectivity index (χ0n) is 15.3. The molecular formula is C18H23NO7S. The van der Waals surface area contributed by atoms with Gasteiger partial charge in [0.25, 0.3) is 5.91 Å². The van der Waals surface area contributed by atoms with Gasteiger partial charge in [0, 0.05) is 19.3 Å². The molecule has 9 heteroatoms. The van der Waals surface area contributed by atoms with Crippen molar-refractivity contribution in [2.75, 3.05) is 33.1 Å². The molecular weight excluding hydrogens is 374 g/mol. The molecule has 1 aromatic rings. The molecule has 0 unspecified atom stereocenters. The Bertz CT molecular complexity index is 794. The van der Waals surface area contributed by atoms with Crippen molar-refractivity contribution in [3.63, 3.8) is 0 Å². The van der Waals surface area contributed by atoms with E-state index in [1.54, 1.807) is 4.90 Å². The van der Waals surface area contributed by atoms with E-state index in [1.165, 1.54) is 31.4 Å². The molecule has 1 fully saturated rings. The smallest absolute Gasteiger partial charge is 0.338 e. The lowest BCUT2D eigenvalue weighted by Gasteiger charge is -2.30. The maximum Gasteiger partial charge on any atom is 0.338 e. The van der Waals surface area contributed by atoms with Crippen LogP contribution in [0.4, 0.5) is 0 Å². The van der Waals surface area contributed by atoms with Crippen molar-refractivity contribution in [1.82, 2.24) is 4.90 Å². The summed E-state index contributed by atoms with van der Waals surface area (Å²) in [6.07, 6.45) is 2.18. The lowest BCUT2D eigenvalue weighted by atomic mass is 9.97. The Morgan fingerprint density at radius 3 is 2.22 bits per heavy atom. The standard InChI is InChI=1S/C18H23NO7S/c1-25-17(21)15-7-9-19(10-8-15)16(20)11-26-18(22)14-5-3-13(4-6-14)12-27(2,23)24/h3-6,15H,7-12H2,1-2H3. The first-order chi connectivity index (χ1) is 12.7. The first kappa shape index (κ1) is 20.9. The Balaban J connectivity index is 1.81. The minimum Gasteiger partial charge on any atom is -0.469 e. The van der Waals surface area contributed by atoms with Gasteiger partial charge < -0.3 is 14.4 Å². The Labute approximate surface area is 158 Å². The number of nitrogens with zero attached hydrogens (tertiary/aromatic N) is 1. The van der Waals surface area contributed by atoms with Gasteiger partial charge in [0.1, 0.15) is 0 Å². The van der Waals surface area contributed by atoms with E-state index >= 15 is 0 Å². The average Bonchev–Trinajstić information content (AvgIpc) is 2.64. The number of ether oxygens (including phenoxy) is 2. The average molecular weight is 397 g/mol. The first-order valence-electron chi connectivity index (χ1n) is 8.49. The van der Waals surface area contributed by atoms with Crippen LogP contribution in [0, 0.1) is 5.92 Å². The van der Waals surface area contributed by atoms with Crippen molar-refractivity contribution in [2.24, 2.45) is 5.92 Å². The molecule has 1 saturated heterocycles. The van der Waals surface area contributed by atoms with Crippen molar-refractivity contribution < 1.29 is 32.3 Å². The van der Waals surface area contributed by atoms with Crippen LogP contribution < -0.4 is 0 Å². The third-order valence-corrected chi connectivity index (χ3v) is 5.19. The van der Waals surface area contributed by atoms with Gasteiger partial charge in [-0.05, 0) is 30.5 Å². The molecule has 8 nitrogen and oxygen atoms in total. The van der Waals surface area contributed by atoms with Gasteiger partial charge in [-0.15, -0.1) is 0 Å². The number of carbonyl (C=O) groups is 3. The second-order valence-electron chi connectivity index (χ2n) is 6.52. The van der Waals surface area contributed by atoms with E-state index in [-0.39, 0.29) is 35.7 Å². The van der Waals surface area contributed by atoms with Gasteiger partial charge in [-0.3, -0.25) is 9.59 Å². The van der Waals surface area contributed by atoms with Gasteiger partial charge >= 0.3 is 11.9 Å². The maximum atomic E-state index is 12.2. The van der Waals surface area contributed by atoms with Crippen LogP contribution in [0.3, 0.4) is 0 Å². The van der Waals surface area contributed by atoms with E-state index in [0.29, 0.717) is 31.5 Å². The highest BCUT2D eigenvalue weighted by Gasteiger charge is 2.28. The molecule has 0 aliphatic carbocycles. The highest BCUT2D eigenvalue weighted by molar-refractivity contribution is 7.89. The molecule has 1 aliphatic rings. The predicted octanol–water partition coefficient (Wildman–Crippen LogP) is 0.800. The second kappa shape index (κ2) is 8.98. The number of methoxy groups -OCH3 is 1. The maximum absolute atomic E-state index is 12.2. The monoisotopic (exact) mass is 397 g/mol. The number of carbonyl (C=O) groups excluding carboxylic acids is 3. The van der Waals surface area contributed by atoms with Crippen LogP contribution >= 0.6 is 0 Å². The fraction of sp³-hybridized carbons (Fsp3) is 0.500. The van der Waals surface area contributed by atoms with Gasteiger partial charge in [-0.2, -0.15) is 0 Å². The normalized spacial score (nSPS) is 15.3. The molecule has 1 heterocycles. The molecule has 1 amide bonds. The third kappa shape index (κ3) is 6.35. The summed E-state index contributed by atoms with van der Waals surface area (Å²) < 4.78 is 32.3. The number of benzene rings is 1. The Kier molecular flexibility index (Phi) is 6.95. The molecule has 1 aromatic carbocycles. The summed E-state index contributed by atoms with van der Waals surface area (Å²) in [4.78, 5) is 37.2. The summed E-state index contributed by atoms with van der Waals surface area (Å²) in [6, 6.07) is 6.01. The summed E-state index contributed by atoms with van der Waals surface area (Å²) in [5.41, 5.74) is 0.808. The number of likely N-dealkylation sites (tertiary alicyclic amines) is 1. The summed E-state index contributed by atoms with van der Waals surface area (Å²) in [5.74, 6) is -1.55. The fourth-order valence-electron chi connectivity index (χ4n) is 2.87. The zero-order valence-corrected chi connectivity index (χ0v) is 16.2. The van der Waals surface area contributed by atoms with Crippen LogP contribution in [0.5, 0.6) is 0 Å². The number of hydrogen-bond acceptors (Lipinski definition) is 7. The quantitative estimate of drug-likeness (QED) is 0.654. The Morgan fingerprint density at radius 2 is 1.70 bits per heavy atom. The Morgan fingerprint density at radius 1 is 1.11 bits per heavy atom. The van der Waals surface area contributed by atoms with Crippen molar-refractivity contribution in [3.05, 3.63) is 35.4 Å². The second-order valence-corrected chi connectivity index (χ2v) is 8.66. The van der Waals surface area contributed by atoms with E-state index in [2.05, 4.69) is 0 Å². The van der Waals surface area contributed by atoms with Crippen LogP contribution in [0.1, 0.15) is 28.8 Å². The van der Waals surface area contributed by atoms with Crippen molar-refractivity contribution in [3.8, 4) is 0 Å². The van der Waals surface area contributed by atoms with Gasteiger partial charge in [0.2, 0.25) is 0 Å². The van der Waals surface area contributed by atoms with Crippen LogP contribution in [0.15, 0.2) is 24.3 Å². The van der Waals surface area contributed by atoms with Crippen molar-refractivity contribution in [2.45, 2.75) is 18.6 Å². The van der Waals surface area contributed by atoms with E-state index in [4.69, 9.17) is 9.47 Å². The summed E-state index contributed by atoms with van der Waals surface area (Å²) in [6.45, 7) is 0.444. The van der Waals surface area contributed by atoms with Gasteiger partial charge in [-0.25, -0.2) is 13.2 Å². The summed E-state index contributed by atoms with van der Waals surface area (Å²) in [7, 11) is -1.81. The largest absolute Gasteiger partial charge is 0.469 e. The van der Waals surface area contributed by atoms with E-state index < -0.39 is 15.8 Å². The van der Waals surface area contributed by atoms with E-state index in [0.717, 1.165) is 6.26 Å². The number of rotatable bonds is 6. The molecule has 0 radical (unpaired) electrons. The highest BCUT2D eigenvalue weighted by atomic mass is 32.2. The molecule has 0 aromatic heterocycles. The van der Waals surface area contributed by atoms with E-state index in [9.17, 15) is 22.8 Å². The minimum absolute atomic E-state index is 0.109. The lowest BCUT2D eigenvalue weighted by Crippen LogP contribution is -2.42. The third-order valence-electron chi connectivity index (χ3n) is 4.33. The molecule has 0 atom stereocenters. The minimum atomic E-state index is -3.15. The van der Waals surface area contributed by atoms with Crippen molar-refractivity contribution >= 4 is 27.7 Å². The lowest BCUT2D eigenvalue weighted by molar-refractivity contribution is -0.149. The van der Waals surface area contributed by atoms with Crippen LogP contribution in [0.25, 0.3) is 0 Å². The summed E-state index contributed by atoms with van der Waals surface area (Å²) in [5, 5.41) is 0. The molecule has 0 N–H and O–H groups in total. The number of piperidine rings is 1. The van der Waals surface area contributed by atoms with Crippen LogP contribution in [-0.2, 0) is 34.7 Å². The molecule has 2 rings (SSSR count). The highest BCUT2D eigenvalue weighted by Crippen LogP contribution is 2.18. The zero-order chi connectivity index (χ0) is 20.0. The topological polar surface area (TPSA) is 107 Å².